The Kier molecular flexibility index (Phi) is 8.50. The summed E-state index contributed by atoms with van der Waals surface area (Å²) in [5.74, 6) is 1.07. The molecule has 1 fully saturated rings. The van der Waals surface area contributed by atoms with E-state index in [0.717, 1.165) is 16.7 Å². The summed E-state index contributed by atoms with van der Waals surface area (Å²) in [5.41, 5.74) is 0.618. The highest BCUT2D eigenvalue weighted by Crippen LogP contribution is 2.39. The third-order valence-electron chi connectivity index (χ3n) is 4.25. The molecule has 32 heavy (non-hydrogen) atoms. The van der Waals surface area contributed by atoms with Crippen LogP contribution in [0.2, 0.25) is 10.0 Å². The van der Waals surface area contributed by atoms with Crippen molar-refractivity contribution in [3.63, 3.8) is 0 Å². The van der Waals surface area contributed by atoms with Crippen molar-refractivity contribution in [2.24, 2.45) is 0 Å². The minimum Gasteiger partial charge on any atom is -0.492 e. The highest BCUT2D eigenvalue weighted by atomic mass is 35.5. The minimum atomic E-state index is -0.388. The van der Waals surface area contributed by atoms with Crippen LogP contribution in [0.5, 0.6) is 17.2 Å². The number of hydrogen-bond donors (Lipinski definition) is 0. The van der Waals surface area contributed by atoms with Gasteiger partial charge in [-0.25, -0.2) is 0 Å². The van der Waals surface area contributed by atoms with E-state index in [2.05, 4.69) is 6.58 Å². The molecule has 0 unspecified atom stereocenters. The van der Waals surface area contributed by atoms with Gasteiger partial charge in [0.25, 0.3) is 11.1 Å². The van der Waals surface area contributed by atoms with Crippen LogP contribution in [0, 0.1) is 0 Å². The molecule has 0 spiro atoms. The molecule has 0 aliphatic carbocycles. The van der Waals surface area contributed by atoms with E-state index in [1.807, 2.05) is 6.92 Å². The van der Waals surface area contributed by atoms with E-state index in [9.17, 15) is 9.59 Å². The third kappa shape index (κ3) is 6.00. The molecule has 3 rings (SSSR count). The van der Waals surface area contributed by atoms with E-state index in [1.165, 1.54) is 0 Å². The first-order valence-corrected chi connectivity index (χ1v) is 11.3. The highest BCUT2D eigenvalue weighted by Gasteiger charge is 2.35. The molecule has 9 heteroatoms. The Morgan fingerprint density at radius 1 is 1.09 bits per heavy atom. The molecule has 1 aliphatic rings. The second-order valence-electron chi connectivity index (χ2n) is 6.50. The van der Waals surface area contributed by atoms with Gasteiger partial charge in [0.05, 0.1) is 23.1 Å². The SMILES string of the molecule is C=CCOc1c(Cl)cc(/C=C2\SC(=O)N(CCOc3ccc(Cl)cc3)C2=O)cc1OCC. The fraction of sp³-hybridized carbons (Fsp3) is 0.217. The maximum Gasteiger partial charge on any atom is 0.293 e. The molecule has 1 heterocycles. The third-order valence-corrected chi connectivity index (χ3v) is 5.69. The summed E-state index contributed by atoms with van der Waals surface area (Å²) < 4.78 is 16.8. The summed E-state index contributed by atoms with van der Waals surface area (Å²) in [6, 6.07) is 10.2. The van der Waals surface area contributed by atoms with Crippen molar-refractivity contribution in [2.45, 2.75) is 6.92 Å². The standard InChI is InChI=1S/C23H21Cl2NO5S/c1-3-10-31-21-18(25)12-15(13-19(21)29-4-2)14-20-22(27)26(23(28)32-20)9-11-30-17-7-5-16(24)6-8-17/h3,5-8,12-14H,1,4,9-11H2,2H3/b20-14-. The fourth-order valence-electron chi connectivity index (χ4n) is 2.85. The second kappa shape index (κ2) is 11.3. The zero-order chi connectivity index (χ0) is 23.1. The van der Waals surface area contributed by atoms with Crippen LogP contribution in [0.4, 0.5) is 4.79 Å². The lowest BCUT2D eigenvalue weighted by atomic mass is 10.1. The quantitative estimate of drug-likeness (QED) is 0.295. The topological polar surface area (TPSA) is 65.1 Å². The predicted molar refractivity (Wildman–Crippen MR) is 128 cm³/mol. The molecule has 0 atom stereocenters. The van der Waals surface area contributed by atoms with Crippen molar-refractivity contribution in [3.8, 4) is 17.2 Å². The van der Waals surface area contributed by atoms with Gasteiger partial charge < -0.3 is 14.2 Å². The van der Waals surface area contributed by atoms with E-state index in [0.29, 0.717) is 44.4 Å². The molecule has 0 N–H and O–H groups in total. The monoisotopic (exact) mass is 493 g/mol. The number of ether oxygens (including phenoxy) is 3. The predicted octanol–water partition coefficient (Wildman–Crippen LogP) is 6.07. The van der Waals surface area contributed by atoms with Crippen molar-refractivity contribution >= 4 is 52.2 Å². The molecular formula is C23H21Cl2NO5S. The summed E-state index contributed by atoms with van der Waals surface area (Å²) >= 11 is 13.1. The molecule has 0 bridgehead atoms. The molecule has 6 nitrogen and oxygen atoms in total. The molecule has 1 saturated heterocycles. The zero-order valence-corrected chi connectivity index (χ0v) is 19.6. The van der Waals surface area contributed by atoms with E-state index >= 15 is 0 Å². The normalized spacial score (nSPS) is 14.7. The Bertz CT molecular complexity index is 1040. The van der Waals surface area contributed by atoms with Gasteiger partial charge in [-0.3, -0.25) is 14.5 Å². The van der Waals surface area contributed by atoms with Crippen LogP contribution in [0.1, 0.15) is 12.5 Å². The maximum absolute atomic E-state index is 12.8. The number of thioether (sulfide) groups is 1. The number of nitrogens with zero attached hydrogens (tertiary/aromatic N) is 1. The number of halogens is 2. The first-order chi connectivity index (χ1) is 15.4. The Morgan fingerprint density at radius 2 is 1.84 bits per heavy atom. The molecule has 2 aromatic carbocycles. The van der Waals surface area contributed by atoms with Gasteiger partial charge in [-0.15, -0.1) is 0 Å². The molecule has 2 aromatic rings. The molecular weight excluding hydrogens is 473 g/mol. The van der Waals surface area contributed by atoms with Crippen LogP contribution in [0.15, 0.2) is 54.0 Å². The number of amides is 2. The van der Waals surface area contributed by atoms with E-state index in [1.54, 1.807) is 48.6 Å². The van der Waals surface area contributed by atoms with Crippen LogP contribution >= 0.6 is 35.0 Å². The van der Waals surface area contributed by atoms with E-state index in [4.69, 9.17) is 37.4 Å². The summed E-state index contributed by atoms with van der Waals surface area (Å²) in [7, 11) is 0. The molecule has 1 aliphatic heterocycles. The van der Waals surface area contributed by atoms with Gasteiger partial charge in [-0.1, -0.05) is 35.9 Å². The summed E-state index contributed by atoms with van der Waals surface area (Å²) in [4.78, 5) is 26.6. The van der Waals surface area contributed by atoms with Gasteiger partial charge in [-0.05, 0) is 66.7 Å². The molecule has 0 aromatic heterocycles. The average molecular weight is 494 g/mol. The number of benzene rings is 2. The van der Waals surface area contributed by atoms with E-state index < -0.39 is 0 Å². The Morgan fingerprint density at radius 3 is 2.53 bits per heavy atom. The van der Waals surface area contributed by atoms with Crippen LogP contribution in [-0.2, 0) is 4.79 Å². The molecule has 2 amide bonds. The molecule has 0 saturated carbocycles. The van der Waals surface area contributed by atoms with Crippen LogP contribution < -0.4 is 14.2 Å². The minimum absolute atomic E-state index is 0.129. The maximum atomic E-state index is 12.8. The van der Waals surface area contributed by atoms with Crippen molar-refractivity contribution in [1.29, 1.82) is 0 Å². The first-order valence-electron chi connectivity index (χ1n) is 9.76. The second-order valence-corrected chi connectivity index (χ2v) is 8.34. The van der Waals surface area contributed by atoms with Crippen molar-refractivity contribution < 1.29 is 23.8 Å². The zero-order valence-electron chi connectivity index (χ0n) is 17.3. The molecule has 168 valence electrons. The summed E-state index contributed by atoms with van der Waals surface area (Å²) in [6.07, 6.45) is 3.21. The van der Waals surface area contributed by atoms with Gasteiger partial charge in [0, 0.05) is 5.02 Å². The number of hydrogen-bond acceptors (Lipinski definition) is 6. The van der Waals surface area contributed by atoms with Gasteiger partial charge in [-0.2, -0.15) is 0 Å². The summed E-state index contributed by atoms with van der Waals surface area (Å²) in [6.45, 7) is 6.45. The van der Waals surface area contributed by atoms with Crippen molar-refractivity contribution in [1.82, 2.24) is 4.90 Å². The number of carbonyl (C=O) groups excluding carboxylic acids is 2. The smallest absolute Gasteiger partial charge is 0.293 e. The van der Waals surface area contributed by atoms with Crippen LogP contribution in [-0.4, -0.2) is 42.4 Å². The van der Waals surface area contributed by atoms with Crippen molar-refractivity contribution in [3.05, 3.63) is 69.6 Å². The lowest BCUT2D eigenvalue weighted by Gasteiger charge is -2.14. The van der Waals surface area contributed by atoms with Crippen LogP contribution in [0.3, 0.4) is 0 Å². The highest BCUT2D eigenvalue weighted by molar-refractivity contribution is 8.18. The number of imide groups is 1. The largest absolute Gasteiger partial charge is 0.492 e. The summed E-state index contributed by atoms with van der Waals surface area (Å²) in [5, 5.41) is 0.573. The van der Waals surface area contributed by atoms with Crippen molar-refractivity contribution in [2.75, 3.05) is 26.4 Å². The lowest BCUT2D eigenvalue weighted by Crippen LogP contribution is -2.32. The van der Waals surface area contributed by atoms with Gasteiger partial charge in [0.1, 0.15) is 19.0 Å². The Balaban J connectivity index is 1.71. The number of carbonyl (C=O) groups is 2. The van der Waals surface area contributed by atoms with Gasteiger partial charge >= 0.3 is 0 Å². The Hall–Kier alpha value is -2.61. The first kappa shape index (κ1) is 24.0. The van der Waals surface area contributed by atoms with Crippen LogP contribution in [0.25, 0.3) is 6.08 Å². The lowest BCUT2D eigenvalue weighted by molar-refractivity contribution is -0.123. The average Bonchev–Trinajstić information content (AvgIpc) is 3.02. The number of rotatable bonds is 10. The fourth-order valence-corrected chi connectivity index (χ4v) is 4.11. The van der Waals surface area contributed by atoms with Gasteiger partial charge in [0.15, 0.2) is 11.5 Å². The molecule has 0 radical (unpaired) electrons. The Labute approximate surface area is 200 Å². The van der Waals surface area contributed by atoms with E-state index in [-0.39, 0.29) is 30.9 Å². The van der Waals surface area contributed by atoms with Gasteiger partial charge in [0.2, 0.25) is 0 Å².